The van der Waals surface area contributed by atoms with Gasteiger partial charge in [0.25, 0.3) is 5.91 Å². The van der Waals surface area contributed by atoms with E-state index in [2.05, 4.69) is 28.8 Å². The monoisotopic (exact) mass is 609 g/mol. The van der Waals surface area contributed by atoms with E-state index in [4.69, 9.17) is 23.7 Å². The average molecular weight is 610 g/mol. The highest BCUT2D eigenvalue weighted by atomic mass is 16.6. The predicted molar refractivity (Wildman–Crippen MR) is 162 cm³/mol. The molecule has 2 aromatic carbocycles. The van der Waals surface area contributed by atoms with Gasteiger partial charge >= 0.3 is 0 Å². The molecule has 11 heteroatoms. The summed E-state index contributed by atoms with van der Waals surface area (Å²) in [5.41, 5.74) is 2.68. The van der Waals surface area contributed by atoms with Gasteiger partial charge in [0.15, 0.2) is 0 Å². The Kier molecular flexibility index (Phi) is 12.0. The minimum absolute atomic E-state index is 0.201. The van der Waals surface area contributed by atoms with Crippen LogP contribution in [0.2, 0.25) is 0 Å². The van der Waals surface area contributed by atoms with Crippen LogP contribution in [0.3, 0.4) is 0 Å². The van der Waals surface area contributed by atoms with Crippen molar-refractivity contribution in [3.63, 3.8) is 0 Å². The molecule has 0 radical (unpaired) electrons. The summed E-state index contributed by atoms with van der Waals surface area (Å²) >= 11 is 0. The Labute approximate surface area is 258 Å². The predicted octanol–water partition coefficient (Wildman–Crippen LogP) is 2.81. The molecule has 0 aliphatic carbocycles. The van der Waals surface area contributed by atoms with Gasteiger partial charge in [-0.25, -0.2) is 0 Å². The number of nitrogens with one attached hydrogen (secondary N) is 2. The molecule has 11 nitrogen and oxygen atoms in total. The summed E-state index contributed by atoms with van der Waals surface area (Å²) in [6, 6.07) is 13.0. The Morgan fingerprint density at radius 1 is 0.773 bits per heavy atom. The van der Waals surface area contributed by atoms with E-state index in [0.29, 0.717) is 83.1 Å². The smallest absolute Gasteiger partial charge is 0.255 e. The summed E-state index contributed by atoms with van der Waals surface area (Å²) in [5, 5.41) is 5.74. The number of rotatable bonds is 17. The molecular formula is C33H43N3O8. The number of para-hydroxylation sites is 1. The van der Waals surface area contributed by atoms with Crippen molar-refractivity contribution in [3.8, 4) is 11.5 Å². The number of fused-ring (bicyclic) bond motifs is 1. The Hall–Kier alpha value is -3.51. The van der Waals surface area contributed by atoms with E-state index in [1.807, 2.05) is 12.1 Å². The van der Waals surface area contributed by atoms with Gasteiger partial charge in [-0.15, -0.1) is 0 Å². The van der Waals surface area contributed by atoms with Gasteiger partial charge in [0.05, 0.1) is 39.6 Å². The lowest BCUT2D eigenvalue weighted by atomic mass is 9.89. The lowest BCUT2D eigenvalue weighted by molar-refractivity contribution is -0.136. The number of piperidine rings is 2. The van der Waals surface area contributed by atoms with E-state index < -0.39 is 11.9 Å². The van der Waals surface area contributed by atoms with Crippen LogP contribution in [0.5, 0.6) is 11.5 Å². The number of hydrogen-bond acceptors (Lipinski definition) is 9. The van der Waals surface area contributed by atoms with Crippen LogP contribution in [0.15, 0.2) is 42.5 Å². The SMILES string of the molecule is O=C1CCC(N2Cc3cc(OCCOCCOCCOCCCOc4ccccc4C4CCNCC4)ccc3C2=O)C(=O)N1. The number of carbonyl (C=O) groups is 3. The van der Waals surface area contributed by atoms with E-state index in [-0.39, 0.29) is 18.2 Å². The largest absolute Gasteiger partial charge is 0.493 e. The van der Waals surface area contributed by atoms with Crippen LogP contribution in [0, 0.1) is 0 Å². The van der Waals surface area contributed by atoms with Crippen molar-refractivity contribution < 1.29 is 38.1 Å². The molecule has 2 aromatic rings. The molecule has 1 atom stereocenters. The second kappa shape index (κ2) is 16.5. The van der Waals surface area contributed by atoms with Crippen LogP contribution in [0.4, 0.5) is 0 Å². The zero-order valence-corrected chi connectivity index (χ0v) is 25.2. The van der Waals surface area contributed by atoms with Gasteiger partial charge < -0.3 is 33.9 Å². The normalized spacial score (nSPS) is 18.8. The molecule has 2 fully saturated rings. The quantitative estimate of drug-likeness (QED) is 0.206. The summed E-state index contributed by atoms with van der Waals surface area (Å²) in [5.74, 6) is 1.28. The highest BCUT2D eigenvalue weighted by molar-refractivity contribution is 6.05. The van der Waals surface area contributed by atoms with E-state index in [0.717, 1.165) is 43.7 Å². The number of benzene rings is 2. The van der Waals surface area contributed by atoms with Gasteiger partial charge in [-0.3, -0.25) is 19.7 Å². The Morgan fingerprint density at radius 3 is 2.27 bits per heavy atom. The molecule has 3 aliphatic rings. The first kappa shape index (κ1) is 31.9. The minimum atomic E-state index is -0.628. The highest BCUT2D eigenvalue weighted by Gasteiger charge is 2.39. The van der Waals surface area contributed by atoms with Crippen LogP contribution in [0.25, 0.3) is 0 Å². The maximum absolute atomic E-state index is 12.8. The standard InChI is InChI=1S/C33H43N3O8/c37-31-9-8-29(32(38)35-31)36-23-25-22-26(6-7-28(25)33(36)39)43-21-20-42-19-18-41-17-16-40-14-3-15-44-30-5-2-1-4-27(30)24-10-12-34-13-11-24/h1-2,4-7,22,24,29,34H,3,8-21,23H2,(H,35,37,38). The zero-order chi connectivity index (χ0) is 30.6. The second-order valence-corrected chi connectivity index (χ2v) is 11.2. The van der Waals surface area contributed by atoms with Crippen LogP contribution < -0.4 is 20.1 Å². The van der Waals surface area contributed by atoms with Crippen LogP contribution >= 0.6 is 0 Å². The number of imide groups is 1. The fraction of sp³-hybridized carbons (Fsp3) is 0.545. The number of carbonyl (C=O) groups excluding carboxylic acids is 3. The maximum Gasteiger partial charge on any atom is 0.255 e. The van der Waals surface area contributed by atoms with Gasteiger partial charge in [0.1, 0.15) is 24.1 Å². The second-order valence-electron chi connectivity index (χ2n) is 11.2. The minimum Gasteiger partial charge on any atom is -0.493 e. The molecule has 3 amide bonds. The lowest BCUT2D eigenvalue weighted by Gasteiger charge is -2.29. The van der Waals surface area contributed by atoms with Gasteiger partial charge in [-0.2, -0.15) is 0 Å². The van der Waals surface area contributed by atoms with E-state index in [1.165, 1.54) is 10.5 Å². The third-order valence-electron chi connectivity index (χ3n) is 8.12. The maximum atomic E-state index is 12.8. The van der Waals surface area contributed by atoms with Crippen molar-refractivity contribution in [1.82, 2.24) is 15.5 Å². The number of hydrogen-bond donors (Lipinski definition) is 2. The van der Waals surface area contributed by atoms with Crippen molar-refractivity contribution in [2.45, 2.75) is 50.6 Å². The molecule has 3 aliphatic heterocycles. The first-order chi connectivity index (χ1) is 21.6. The highest BCUT2D eigenvalue weighted by Crippen LogP contribution is 2.33. The molecule has 2 saturated heterocycles. The van der Waals surface area contributed by atoms with E-state index >= 15 is 0 Å². The van der Waals surface area contributed by atoms with E-state index in [9.17, 15) is 14.4 Å². The van der Waals surface area contributed by atoms with Crippen molar-refractivity contribution in [3.05, 3.63) is 59.2 Å². The van der Waals surface area contributed by atoms with Crippen molar-refractivity contribution in [2.24, 2.45) is 0 Å². The van der Waals surface area contributed by atoms with Gasteiger partial charge in [0, 0.05) is 31.6 Å². The van der Waals surface area contributed by atoms with Crippen LogP contribution in [0.1, 0.15) is 59.5 Å². The van der Waals surface area contributed by atoms with E-state index in [1.54, 1.807) is 12.1 Å². The number of ether oxygens (including phenoxy) is 5. The fourth-order valence-electron chi connectivity index (χ4n) is 5.83. The molecule has 0 bridgehead atoms. The molecule has 5 rings (SSSR count). The van der Waals surface area contributed by atoms with Crippen molar-refractivity contribution >= 4 is 17.7 Å². The molecule has 44 heavy (non-hydrogen) atoms. The van der Waals surface area contributed by atoms with Crippen LogP contribution in [-0.2, 0) is 30.3 Å². The first-order valence-corrected chi connectivity index (χ1v) is 15.7. The van der Waals surface area contributed by atoms with Crippen molar-refractivity contribution in [1.29, 1.82) is 0 Å². The van der Waals surface area contributed by atoms with Crippen molar-refractivity contribution in [2.75, 3.05) is 65.9 Å². The molecule has 2 N–H and O–H groups in total. The summed E-state index contributed by atoms with van der Waals surface area (Å²) in [6.45, 7) is 6.40. The van der Waals surface area contributed by atoms with Gasteiger partial charge in [-0.1, -0.05) is 18.2 Å². The molecule has 1 unspecified atom stereocenters. The summed E-state index contributed by atoms with van der Waals surface area (Å²) in [6.07, 6.45) is 3.69. The summed E-state index contributed by atoms with van der Waals surface area (Å²) < 4.78 is 28.7. The number of nitrogens with zero attached hydrogens (tertiary/aromatic N) is 1. The third-order valence-corrected chi connectivity index (χ3v) is 8.12. The Morgan fingerprint density at radius 2 is 1.50 bits per heavy atom. The Balaban J connectivity index is 0.865. The molecule has 3 heterocycles. The summed E-state index contributed by atoms with van der Waals surface area (Å²) in [4.78, 5) is 38.0. The molecule has 0 aromatic heterocycles. The van der Waals surface area contributed by atoms with Gasteiger partial charge in [0.2, 0.25) is 11.8 Å². The molecule has 0 saturated carbocycles. The van der Waals surface area contributed by atoms with Crippen LogP contribution in [-0.4, -0.2) is 94.6 Å². The average Bonchev–Trinajstić information content (AvgIpc) is 3.36. The fourth-order valence-corrected chi connectivity index (χ4v) is 5.83. The topological polar surface area (TPSA) is 125 Å². The molecular weight excluding hydrogens is 566 g/mol. The molecule has 238 valence electrons. The summed E-state index contributed by atoms with van der Waals surface area (Å²) in [7, 11) is 0. The molecule has 0 spiro atoms. The number of amides is 3. The first-order valence-electron chi connectivity index (χ1n) is 15.7. The lowest BCUT2D eigenvalue weighted by Crippen LogP contribution is -2.52. The van der Waals surface area contributed by atoms with Gasteiger partial charge in [-0.05, 0) is 73.7 Å². The third kappa shape index (κ3) is 8.78. The Bertz CT molecular complexity index is 1270. The zero-order valence-electron chi connectivity index (χ0n) is 25.2.